The molecule has 0 aliphatic carbocycles. The quantitative estimate of drug-likeness (QED) is 0.693. The van der Waals surface area contributed by atoms with E-state index in [1.54, 1.807) is 19.5 Å². The second-order valence-electron chi connectivity index (χ2n) is 5.65. The molecule has 0 unspecified atom stereocenters. The normalized spacial score (nSPS) is 10.4. The van der Waals surface area contributed by atoms with Gasteiger partial charge in [0.15, 0.2) is 0 Å². The molecule has 1 aromatic carbocycles. The number of nitrogens with one attached hydrogen (secondary N) is 2. The Morgan fingerprint density at radius 2 is 2.00 bits per heavy atom. The summed E-state index contributed by atoms with van der Waals surface area (Å²) in [7, 11) is 1.65. The van der Waals surface area contributed by atoms with Gasteiger partial charge in [-0.05, 0) is 42.2 Å². The van der Waals surface area contributed by atoms with Gasteiger partial charge in [0.1, 0.15) is 5.75 Å². The molecule has 0 aliphatic heterocycles. The van der Waals surface area contributed by atoms with Gasteiger partial charge in [-0.3, -0.25) is 14.8 Å². The molecule has 0 aliphatic rings. The molecule has 25 heavy (non-hydrogen) atoms. The molecule has 0 spiro atoms. The highest BCUT2D eigenvalue weighted by molar-refractivity contribution is 5.30. The minimum absolute atomic E-state index is 0.163. The smallest absolute Gasteiger partial charge is 0.252 e. The summed E-state index contributed by atoms with van der Waals surface area (Å²) in [5.41, 5.74) is 2.75. The van der Waals surface area contributed by atoms with Crippen molar-refractivity contribution in [1.29, 1.82) is 0 Å². The van der Waals surface area contributed by atoms with Gasteiger partial charge in [0.05, 0.1) is 12.8 Å². The Labute approximate surface area is 145 Å². The summed E-state index contributed by atoms with van der Waals surface area (Å²) in [4.78, 5) is 23.1. The Bertz CT molecular complexity index is 878. The van der Waals surface area contributed by atoms with Crippen LogP contribution in [0.25, 0.3) is 0 Å². The molecular formula is C19H20N4O2. The van der Waals surface area contributed by atoms with Crippen molar-refractivity contribution in [2.45, 2.75) is 19.4 Å². The topological polar surface area (TPSA) is 79.9 Å². The lowest BCUT2D eigenvalue weighted by atomic mass is 10.1. The van der Waals surface area contributed by atoms with E-state index in [2.05, 4.69) is 20.3 Å². The molecule has 0 radical (unpaired) electrons. The second-order valence-corrected chi connectivity index (χ2v) is 5.65. The summed E-state index contributed by atoms with van der Waals surface area (Å²) in [5, 5.41) is 3.13. The van der Waals surface area contributed by atoms with Crippen LogP contribution in [0.2, 0.25) is 0 Å². The van der Waals surface area contributed by atoms with Crippen LogP contribution in [0, 0.1) is 0 Å². The molecule has 2 aromatic heterocycles. The molecular weight excluding hydrogens is 316 g/mol. The predicted octanol–water partition coefficient (Wildman–Crippen LogP) is 2.57. The Morgan fingerprint density at radius 3 is 2.80 bits per heavy atom. The van der Waals surface area contributed by atoms with E-state index in [4.69, 9.17) is 4.74 Å². The van der Waals surface area contributed by atoms with Crippen LogP contribution in [0.1, 0.15) is 16.8 Å². The van der Waals surface area contributed by atoms with E-state index in [-0.39, 0.29) is 5.56 Å². The molecule has 0 amide bonds. The molecule has 0 bridgehead atoms. The standard InChI is InChI=1S/C19H20N4O2/c1-25-17-6-2-4-14(10-17)7-8-16-11-18(24)23-19(22-16)21-13-15-5-3-9-20-12-15/h2-6,9-12H,7-8,13H2,1H3,(H2,21,22,23,24). The predicted molar refractivity (Wildman–Crippen MR) is 96.8 cm³/mol. The maximum atomic E-state index is 11.9. The number of methoxy groups -OCH3 is 1. The molecule has 0 atom stereocenters. The zero-order valence-electron chi connectivity index (χ0n) is 14.0. The first-order valence-corrected chi connectivity index (χ1v) is 8.09. The highest BCUT2D eigenvalue weighted by Gasteiger charge is 2.04. The van der Waals surface area contributed by atoms with Crippen LogP contribution in [0.15, 0.2) is 59.7 Å². The summed E-state index contributed by atoms with van der Waals surface area (Å²) < 4.78 is 5.23. The number of nitrogens with zero attached hydrogens (tertiary/aromatic N) is 2. The van der Waals surface area contributed by atoms with E-state index in [1.807, 2.05) is 36.4 Å². The molecule has 2 N–H and O–H groups in total. The first-order chi connectivity index (χ1) is 12.2. The van der Waals surface area contributed by atoms with Crippen molar-refractivity contribution >= 4 is 5.95 Å². The van der Waals surface area contributed by atoms with Crippen LogP contribution in [-0.4, -0.2) is 22.1 Å². The minimum Gasteiger partial charge on any atom is -0.497 e. The fourth-order valence-corrected chi connectivity index (χ4v) is 2.51. The maximum Gasteiger partial charge on any atom is 0.252 e. The number of aryl methyl sites for hydroxylation is 2. The van der Waals surface area contributed by atoms with Gasteiger partial charge in [0, 0.05) is 25.0 Å². The fourth-order valence-electron chi connectivity index (χ4n) is 2.51. The highest BCUT2D eigenvalue weighted by Crippen LogP contribution is 2.14. The second kappa shape index (κ2) is 8.10. The Morgan fingerprint density at radius 1 is 1.12 bits per heavy atom. The molecule has 0 fully saturated rings. The zero-order valence-corrected chi connectivity index (χ0v) is 14.0. The molecule has 3 aromatic rings. The van der Waals surface area contributed by atoms with Gasteiger partial charge in [-0.1, -0.05) is 18.2 Å². The molecule has 3 rings (SSSR count). The SMILES string of the molecule is COc1cccc(CCc2cc(=O)[nH]c(NCc3cccnc3)n2)c1. The maximum absolute atomic E-state index is 11.9. The summed E-state index contributed by atoms with van der Waals surface area (Å²) >= 11 is 0. The van der Waals surface area contributed by atoms with E-state index in [0.29, 0.717) is 18.9 Å². The molecule has 0 saturated heterocycles. The zero-order chi connectivity index (χ0) is 17.5. The molecule has 6 nitrogen and oxygen atoms in total. The molecule has 128 valence electrons. The number of anilines is 1. The van der Waals surface area contributed by atoms with Crippen LogP contribution >= 0.6 is 0 Å². The third-order valence-corrected chi connectivity index (χ3v) is 3.78. The van der Waals surface area contributed by atoms with E-state index in [0.717, 1.165) is 29.0 Å². The van der Waals surface area contributed by atoms with Crippen LogP contribution in [-0.2, 0) is 19.4 Å². The number of hydrogen-bond donors (Lipinski definition) is 2. The Balaban J connectivity index is 1.65. The van der Waals surface area contributed by atoms with Gasteiger partial charge in [-0.25, -0.2) is 4.98 Å². The third kappa shape index (κ3) is 4.91. The number of hydrogen-bond acceptors (Lipinski definition) is 5. The Hall–Kier alpha value is -3.15. The number of aromatic amines is 1. The van der Waals surface area contributed by atoms with Crippen LogP contribution in [0.4, 0.5) is 5.95 Å². The van der Waals surface area contributed by atoms with Crippen LogP contribution in [0.5, 0.6) is 5.75 Å². The summed E-state index contributed by atoms with van der Waals surface area (Å²) in [5.74, 6) is 1.30. The molecule has 2 heterocycles. The van der Waals surface area contributed by atoms with Crippen molar-refractivity contribution in [3.8, 4) is 5.75 Å². The fraction of sp³-hybridized carbons (Fsp3) is 0.211. The average Bonchev–Trinajstić information content (AvgIpc) is 2.65. The number of benzene rings is 1. The first kappa shape index (κ1) is 16.7. The van der Waals surface area contributed by atoms with E-state index in [9.17, 15) is 4.79 Å². The molecule has 6 heteroatoms. The van der Waals surface area contributed by atoms with E-state index < -0.39 is 0 Å². The van der Waals surface area contributed by atoms with Gasteiger partial charge in [0.2, 0.25) is 5.95 Å². The summed E-state index contributed by atoms with van der Waals surface area (Å²) in [6.07, 6.45) is 4.97. The third-order valence-electron chi connectivity index (χ3n) is 3.78. The Kier molecular flexibility index (Phi) is 5.41. The number of pyridine rings is 1. The largest absolute Gasteiger partial charge is 0.497 e. The van der Waals surface area contributed by atoms with Crippen molar-refractivity contribution in [3.63, 3.8) is 0 Å². The van der Waals surface area contributed by atoms with Gasteiger partial charge in [-0.15, -0.1) is 0 Å². The van der Waals surface area contributed by atoms with E-state index in [1.165, 1.54) is 6.07 Å². The van der Waals surface area contributed by atoms with Crippen LogP contribution in [0.3, 0.4) is 0 Å². The number of rotatable bonds is 7. The average molecular weight is 336 g/mol. The van der Waals surface area contributed by atoms with Crippen molar-refractivity contribution in [2.75, 3.05) is 12.4 Å². The van der Waals surface area contributed by atoms with Crippen LogP contribution < -0.4 is 15.6 Å². The van der Waals surface area contributed by atoms with E-state index >= 15 is 0 Å². The number of aromatic nitrogens is 3. The van der Waals surface area contributed by atoms with Gasteiger partial charge in [0.25, 0.3) is 5.56 Å². The van der Waals surface area contributed by atoms with Crippen molar-refractivity contribution in [1.82, 2.24) is 15.0 Å². The molecule has 0 saturated carbocycles. The first-order valence-electron chi connectivity index (χ1n) is 8.09. The van der Waals surface area contributed by atoms with Crippen molar-refractivity contribution in [3.05, 3.63) is 82.0 Å². The minimum atomic E-state index is -0.163. The lowest BCUT2D eigenvalue weighted by molar-refractivity contribution is 0.414. The number of ether oxygens (including phenoxy) is 1. The van der Waals surface area contributed by atoms with Gasteiger partial charge in [-0.2, -0.15) is 0 Å². The van der Waals surface area contributed by atoms with Gasteiger partial charge >= 0.3 is 0 Å². The van der Waals surface area contributed by atoms with Crippen molar-refractivity contribution < 1.29 is 4.74 Å². The summed E-state index contributed by atoms with van der Waals surface area (Å²) in [6.45, 7) is 0.552. The lowest BCUT2D eigenvalue weighted by Crippen LogP contribution is -2.14. The van der Waals surface area contributed by atoms with Gasteiger partial charge < -0.3 is 10.1 Å². The van der Waals surface area contributed by atoms with Crippen molar-refractivity contribution in [2.24, 2.45) is 0 Å². The summed E-state index contributed by atoms with van der Waals surface area (Å²) in [6, 6.07) is 13.3. The lowest BCUT2D eigenvalue weighted by Gasteiger charge is -2.08. The monoisotopic (exact) mass is 336 g/mol. The number of H-pyrrole nitrogens is 1. The highest BCUT2D eigenvalue weighted by atomic mass is 16.5.